The topological polar surface area (TPSA) is 92.6 Å². The van der Waals surface area contributed by atoms with Crippen LogP contribution in [0.1, 0.15) is 23.9 Å². The second-order valence-electron chi connectivity index (χ2n) is 3.43. The van der Waals surface area contributed by atoms with Gasteiger partial charge >= 0.3 is 0 Å². The summed E-state index contributed by atoms with van der Waals surface area (Å²) < 4.78 is 4.95. The third-order valence-electron chi connectivity index (χ3n) is 1.97. The summed E-state index contributed by atoms with van der Waals surface area (Å²) in [5, 5.41) is 5.59. The van der Waals surface area contributed by atoms with E-state index in [1.54, 1.807) is 12.1 Å². The van der Waals surface area contributed by atoms with Crippen molar-refractivity contribution < 1.29 is 9.21 Å². The van der Waals surface area contributed by atoms with Crippen LogP contribution in [0, 0.1) is 0 Å². The molecule has 0 aliphatic heterocycles. The van der Waals surface area contributed by atoms with Gasteiger partial charge in [-0.25, -0.2) is 0 Å². The maximum absolute atomic E-state index is 11.4. The average Bonchev–Trinajstić information content (AvgIpc) is 2.85. The molecule has 0 radical (unpaired) electrons. The second kappa shape index (κ2) is 9.75. The minimum atomic E-state index is -0.235. The van der Waals surface area contributed by atoms with Crippen LogP contribution < -0.4 is 16.4 Å². The SMILES string of the molecule is CCCN=C(N)NCCNC(=O)c1ccco1.I. The molecule has 1 aromatic heterocycles. The lowest BCUT2D eigenvalue weighted by Crippen LogP contribution is -2.38. The molecule has 1 heterocycles. The quantitative estimate of drug-likeness (QED) is 0.302. The minimum Gasteiger partial charge on any atom is -0.459 e. The molecule has 4 N–H and O–H groups in total. The van der Waals surface area contributed by atoms with Crippen LogP contribution in [0.5, 0.6) is 0 Å². The lowest BCUT2D eigenvalue weighted by molar-refractivity contribution is 0.0926. The van der Waals surface area contributed by atoms with Gasteiger partial charge in [0.2, 0.25) is 0 Å². The van der Waals surface area contributed by atoms with Gasteiger partial charge < -0.3 is 20.8 Å². The highest BCUT2D eigenvalue weighted by Gasteiger charge is 2.06. The molecule has 0 aliphatic carbocycles. The van der Waals surface area contributed by atoms with E-state index in [1.165, 1.54) is 6.26 Å². The van der Waals surface area contributed by atoms with Crippen molar-refractivity contribution in [2.45, 2.75) is 13.3 Å². The highest BCUT2D eigenvalue weighted by molar-refractivity contribution is 14.0. The summed E-state index contributed by atoms with van der Waals surface area (Å²) in [5.41, 5.74) is 5.58. The Bertz CT molecular complexity index is 365. The molecule has 0 atom stereocenters. The number of halogens is 1. The number of carbonyl (C=O) groups excluding carboxylic acids is 1. The summed E-state index contributed by atoms with van der Waals surface area (Å²) in [6, 6.07) is 3.28. The Morgan fingerprint density at radius 2 is 2.17 bits per heavy atom. The number of nitrogens with two attached hydrogens (primary N) is 1. The normalized spacial score (nSPS) is 10.6. The van der Waals surface area contributed by atoms with Crippen LogP contribution in [-0.4, -0.2) is 31.5 Å². The highest BCUT2D eigenvalue weighted by Crippen LogP contribution is 1.98. The van der Waals surface area contributed by atoms with E-state index in [0.717, 1.165) is 6.42 Å². The van der Waals surface area contributed by atoms with Crippen LogP contribution in [-0.2, 0) is 0 Å². The molecular formula is C11H19IN4O2. The van der Waals surface area contributed by atoms with Crippen molar-refractivity contribution in [2.75, 3.05) is 19.6 Å². The number of rotatable bonds is 6. The van der Waals surface area contributed by atoms with E-state index in [9.17, 15) is 4.79 Å². The van der Waals surface area contributed by atoms with E-state index < -0.39 is 0 Å². The second-order valence-corrected chi connectivity index (χ2v) is 3.43. The third kappa shape index (κ3) is 6.48. The van der Waals surface area contributed by atoms with Gasteiger partial charge in [-0.05, 0) is 18.6 Å². The fourth-order valence-electron chi connectivity index (χ4n) is 1.15. The maximum Gasteiger partial charge on any atom is 0.287 e. The Kier molecular flexibility index (Phi) is 9.07. The van der Waals surface area contributed by atoms with Gasteiger partial charge in [0.1, 0.15) is 0 Å². The monoisotopic (exact) mass is 366 g/mol. The standard InChI is InChI=1S/C11H18N4O2.HI/c1-2-5-14-11(12)15-7-6-13-10(16)9-4-3-8-17-9;/h3-4,8H,2,5-7H2,1H3,(H,13,16)(H3,12,14,15);1H. The number of hydrogen-bond acceptors (Lipinski definition) is 3. The van der Waals surface area contributed by atoms with Crippen molar-refractivity contribution in [3.63, 3.8) is 0 Å². The summed E-state index contributed by atoms with van der Waals surface area (Å²) in [7, 11) is 0. The van der Waals surface area contributed by atoms with E-state index in [0.29, 0.717) is 31.4 Å². The number of guanidine groups is 1. The Morgan fingerprint density at radius 1 is 1.44 bits per heavy atom. The molecule has 6 nitrogen and oxygen atoms in total. The van der Waals surface area contributed by atoms with Gasteiger partial charge in [-0.2, -0.15) is 0 Å². The molecule has 0 unspecified atom stereocenters. The van der Waals surface area contributed by atoms with Crippen LogP contribution in [0.15, 0.2) is 27.8 Å². The van der Waals surface area contributed by atoms with Crippen LogP contribution in [0.2, 0.25) is 0 Å². The van der Waals surface area contributed by atoms with Gasteiger partial charge in [0.15, 0.2) is 11.7 Å². The smallest absolute Gasteiger partial charge is 0.287 e. The molecule has 1 rings (SSSR count). The molecule has 18 heavy (non-hydrogen) atoms. The number of nitrogens with zero attached hydrogens (tertiary/aromatic N) is 1. The number of amides is 1. The molecule has 0 bridgehead atoms. The third-order valence-corrected chi connectivity index (χ3v) is 1.97. The van der Waals surface area contributed by atoms with Gasteiger partial charge in [0, 0.05) is 19.6 Å². The van der Waals surface area contributed by atoms with E-state index in [1.807, 2.05) is 6.92 Å². The summed E-state index contributed by atoms with van der Waals surface area (Å²) in [4.78, 5) is 15.5. The van der Waals surface area contributed by atoms with Gasteiger partial charge in [-0.3, -0.25) is 9.79 Å². The molecule has 7 heteroatoms. The van der Waals surface area contributed by atoms with Crippen LogP contribution in [0.3, 0.4) is 0 Å². The number of aliphatic imine (C=N–C) groups is 1. The van der Waals surface area contributed by atoms with Gasteiger partial charge in [0.05, 0.1) is 6.26 Å². The summed E-state index contributed by atoms with van der Waals surface area (Å²) in [6.45, 7) is 3.73. The molecule has 102 valence electrons. The lowest BCUT2D eigenvalue weighted by Gasteiger charge is -2.06. The average molecular weight is 366 g/mol. The highest BCUT2D eigenvalue weighted by atomic mass is 127. The zero-order valence-electron chi connectivity index (χ0n) is 10.3. The van der Waals surface area contributed by atoms with E-state index in [2.05, 4.69) is 15.6 Å². The predicted molar refractivity (Wildman–Crippen MR) is 81.2 cm³/mol. The number of hydrogen-bond donors (Lipinski definition) is 3. The fourth-order valence-corrected chi connectivity index (χ4v) is 1.15. The predicted octanol–water partition coefficient (Wildman–Crippen LogP) is 0.942. The van der Waals surface area contributed by atoms with Crippen molar-refractivity contribution >= 4 is 35.8 Å². The summed E-state index contributed by atoms with van der Waals surface area (Å²) in [6.07, 6.45) is 2.42. The molecule has 0 fully saturated rings. The molecule has 1 amide bonds. The number of furan rings is 1. The first kappa shape index (κ1) is 16.8. The molecule has 1 aromatic rings. The fraction of sp³-hybridized carbons (Fsp3) is 0.455. The van der Waals surface area contributed by atoms with Crippen LogP contribution in [0.25, 0.3) is 0 Å². The van der Waals surface area contributed by atoms with Crippen molar-refractivity contribution in [1.29, 1.82) is 0 Å². The van der Waals surface area contributed by atoms with E-state index in [-0.39, 0.29) is 29.9 Å². The zero-order chi connectivity index (χ0) is 12.5. The van der Waals surface area contributed by atoms with E-state index >= 15 is 0 Å². The van der Waals surface area contributed by atoms with Crippen LogP contribution in [0.4, 0.5) is 0 Å². The molecule has 0 aromatic carbocycles. The molecule has 0 aliphatic rings. The first-order chi connectivity index (χ1) is 8.24. The van der Waals surface area contributed by atoms with Crippen molar-refractivity contribution in [3.8, 4) is 0 Å². The van der Waals surface area contributed by atoms with Crippen molar-refractivity contribution in [2.24, 2.45) is 10.7 Å². The Labute approximate surface area is 123 Å². The van der Waals surface area contributed by atoms with Crippen molar-refractivity contribution in [1.82, 2.24) is 10.6 Å². The van der Waals surface area contributed by atoms with Gasteiger partial charge in [-0.15, -0.1) is 24.0 Å². The Hall–Kier alpha value is -1.25. The minimum absolute atomic E-state index is 0. The number of carbonyl (C=O) groups is 1. The molecular weight excluding hydrogens is 347 g/mol. The largest absolute Gasteiger partial charge is 0.459 e. The Balaban J connectivity index is 0.00000289. The van der Waals surface area contributed by atoms with Crippen molar-refractivity contribution in [3.05, 3.63) is 24.2 Å². The molecule has 0 saturated heterocycles. The zero-order valence-corrected chi connectivity index (χ0v) is 12.6. The molecule has 0 saturated carbocycles. The first-order valence-electron chi connectivity index (χ1n) is 5.59. The number of nitrogens with one attached hydrogen (secondary N) is 2. The lowest BCUT2D eigenvalue weighted by atomic mass is 10.4. The Morgan fingerprint density at radius 3 is 2.78 bits per heavy atom. The molecule has 0 spiro atoms. The summed E-state index contributed by atoms with van der Waals surface area (Å²) in [5.74, 6) is 0.470. The van der Waals surface area contributed by atoms with Crippen LogP contribution >= 0.6 is 24.0 Å². The first-order valence-corrected chi connectivity index (χ1v) is 5.59. The maximum atomic E-state index is 11.4. The van der Waals surface area contributed by atoms with E-state index in [4.69, 9.17) is 10.2 Å². The summed E-state index contributed by atoms with van der Waals surface area (Å²) >= 11 is 0. The van der Waals surface area contributed by atoms with Gasteiger partial charge in [-0.1, -0.05) is 6.92 Å². The van der Waals surface area contributed by atoms with Gasteiger partial charge in [0.25, 0.3) is 5.91 Å².